The summed E-state index contributed by atoms with van der Waals surface area (Å²) in [5, 5.41) is 8.80. The summed E-state index contributed by atoms with van der Waals surface area (Å²) >= 11 is 0. The van der Waals surface area contributed by atoms with E-state index in [2.05, 4.69) is 0 Å². The molecule has 0 aliphatic heterocycles. The zero-order valence-corrected chi connectivity index (χ0v) is 9.17. The van der Waals surface area contributed by atoms with Gasteiger partial charge in [-0.15, -0.1) is 0 Å². The van der Waals surface area contributed by atoms with E-state index in [-0.39, 0.29) is 0 Å². The van der Waals surface area contributed by atoms with Crippen molar-refractivity contribution >= 4 is 0 Å². The molecule has 0 aliphatic rings. The van der Waals surface area contributed by atoms with Gasteiger partial charge in [0.2, 0.25) is 0 Å². The molecule has 0 aliphatic carbocycles. The third-order valence-electron chi connectivity index (χ3n) is 2.54. The van der Waals surface area contributed by atoms with E-state index in [1.165, 1.54) is 12.1 Å². The van der Waals surface area contributed by atoms with Gasteiger partial charge in [0.05, 0.1) is 11.6 Å². The summed E-state index contributed by atoms with van der Waals surface area (Å²) in [6.45, 7) is 1.79. The normalized spacial score (nSPS) is 10.0. The van der Waals surface area contributed by atoms with Crippen molar-refractivity contribution in [3.8, 4) is 17.2 Å². The Morgan fingerprint density at radius 1 is 0.941 bits per heavy atom. The van der Waals surface area contributed by atoms with E-state index in [0.29, 0.717) is 16.7 Å². The van der Waals surface area contributed by atoms with Crippen LogP contribution >= 0.6 is 0 Å². The van der Waals surface area contributed by atoms with Crippen LogP contribution in [0.15, 0.2) is 36.4 Å². The van der Waals surface area contributed by atoms with Crippen LogP contribution in [-0.2, 0) is 0 Å². The first-order chi connectivity index (χ1) is 8.10. The van der Waals surface area contributed by atoms with Crippen LogP contribution < -0.4 is 0 Å². The highest BCUT2D eigenvalue weighted by atomic mass is 19.1. The predicted molar refractivity (Wildman–Crippen MR) is 61.2 cm³/mol. The molecule has 2 aromatic rings. The highest BCUT2D eigenvalue weighted by molar-refractivity contribution is 5.65. The third-order valence-corrected chi connectivity index (χ3v) is 2.54. The number of halogens is 2. The van der Waals surface area contributed by atoms with Gasteiger partial charge in [-0.05, 0) is 41.8 Å². The van der Waals surface area contributed by atoms with E-state index < -0.39 is 11.6 Å². The minimum atomic E-state index is -0.609. The van der Waals surface area contributed by atoms with Gasteiger partial charge < -0.3 is 0 Å². The summed E-state index contributed by atoms with van der Waals surface area (Å²) in [6, 6.07) is 10.5. The fourth-order valence-corrected chi connectivity index (χ4v) is 1.69. The molecule has 0 atom stereocenters. The van der Waals surface area contributed by atoms with E-state index in [9.17, 15) is 8.78 Å². The van der Waals surface area contributed by atoms with Crippen molar-refractivity contribution in [3.05, 3.63) is 59.2 Å². The summed E-state index contributed by atoms with van der Waals surface area (Å²) in [6.07, 6.45) is 0. The molecule has 0 bridgehead atoms. The lowest BCUT2D eigenvalue weighted by Crippen LogP contribution is -1.87. The fraction of sp³-hybridized carbons (Fsp3) is 0.0714. The monoisotopic (exact) mass is 229 g/mol. The van der Waals surface area contributed by atoms with E-state index in [4.69, 9.17) is 5.26 Å². The molecule has 0 spiro atoms. The average Bonchev–Trinajstić information content (AvgIpc) is 2.27. The van der Waals surface area contributed by atoms with Crippen LogP contribution in [-0.4, -0.2) is 0 Å². The lowest BCUT2D eigenvalue weighted by atomic mass is 10.0. The Bertz CT molecular complexity index is 592. The number of nitrogens with zero attached hydrogens (tertiary/aromatic N) is 1. The van der Waals surface area contributed by atoms with Crippen LogP contribution in [0.5, 0.6) is 0 Å². The molecule has 84 valence electrons. The molecule has 0 saturated heterocycles. The third kappa shape index (κ3) is 2.31. The first kappa shape index (κ1) is 11.3. The molecule has 0 fully saturated rings. The number of aryl methyl sites for hydroxylation is 1. The molecule has 2 rings (SSSR count). The summed E-state index contributed by atoms with van der Waals surface area (Å²) in [7, 11) is 0. The second-order valence-electron chi connectivity index (χ2n) is 3.80. The second-order valence-corrected chi connectivity index (χ2v) is 3.80. The van der Waals surface area contributed by atoms with Crippen LogP contribution in [0.25, 0.3) is 11.1 Å². The topological polar surface area (TPSA) is 23.8 Å². The minimum Gasteiger partial charge on any atom is -0.207 e. The molecule has 0 saturated carbocycles. The van der Waals surface area contributed by atoms with Gasteiger partial charge in [-0.25, -0.2) is 8.78 Å². The number of nitriles is 1. The quantitative estimate of drug-likeness (QED) is 0.729. The maximum atomic E-state index is 13.1. The van der Waals surface area contributed by atoms with Crippen LogP contribution in [0.1, 0.15) is 11.1 Å². The highest BCUT2D eigenvalue weighted by Gasteiger charge is 2.05. The largest absolute Gasteiger partial charge is 0.207 e. The SMILES string of the molecule is Cc1cc(-c2cc(F)cc(F)c2)ccc1C#N. The van der Waals surface area contributed by atoms with Crippen molar-refractivity contribution in [2.45, 2.75) is 6.92 Å². The minimum absolute atomic E-state index is 0.468. The molecule has 0 amide bonds. The number of hydrogen-bond acceptors (Lipinski definition) is 1. The summed E-state index contributed by atoms with van der Waals surface area (Å²) in [5.41, 5.74) is 2.51. The van der Waals surface area contributed by atoms with Crippen LogP contribution in [0.2, 0.25) is 0 Å². The maximum Gasteiger partial charge on any atom is 0.126 e. The van der Waals surface area contributed by atoms with E-state index in [0.717, 1.165) is 11.6 Å². The summed E-state index contributed by atoms with van der Waals surface area (Å²) in [4.78, 5) is 0. The number of benzene rings is 2. The van der Waals surface area contributed by atoms with E-state index in [1.54, 1.807) is 25.1 Å². The Balaban J connectivity index is 2.54. The molecule has 17 heavy (non-hydrogen) atoms. The molecule has 0 heterocycles. The van der Waals surface area contributed by atoms with Gasteiger partial charge in [0.1, 0.15) is 11.6 Å². The van der Waals surface area contributed by atoms with Gasteiger partial charge in [-0.2, -0.15) is 5.26 Å². The van der Waals surface area contributed by atoms with Crippen LogP contribution in [0, 0.1) is 29.9 Å². The molecule has 0 unspecified atom stereocenters. The Hall–Kier alpha value is -2.21. The smallest absolute Gasteiger partial charge is 0.126 e. The fourth-order valence-electron chi connectivity index (χ4n) is 1.69. The maximum absolute atomic E-state index is 13.1. The van der Waals surface area contributed by atoms with Crippen molar-refractivity contribution in [3.63, 3.8) is 0 Å². The van der Waals surface area contributed by atoms with Gasteiger partial charge in [-0.1, -0.05) is 12.1 Å². The summed E-state index contributed by atoms with van der Waals surface area (Å²) in [5.74, 6) is -1.22. The van der Waals surface area contributed by atoms with E-state index >= 15 is 0 Å². The number of rotatable bonds is 1. The molecule has 0 aromatic heterocycles. The van der Waals surface area contributed by atoms with Crippen LogP contribution in [0.4, 0.5) is 8.78 Å². The first-order valence-electron chi connectivity index (χ1n) is 5.07. The zero-order valence-electron chi connectivity index (χ0n) is 9.17. The Labute approximate surface area is 97.9 Å². The van der Waals surface area contributed by atoms with Gasteiger partial charge in [0.25, 0.3) is 0 Å². The van der Waals surface area contributed by atoms with Crippen molar-refractivity contribution in [2.24, 2.45) is 0 Å². The lowest BCUT2D eigenvalue weighted by molar-refractivity contribution is 0.584. The molecule has 1 nitrogen and oxygen atoms in total. The molecule has 3 heteroatoms. The first-order valence-corrected chi connectivity index (χ1v) is 5.07. The van der Waals surface area contributed by atoms with Gasteiger partial charge in [0.15, 0.2) is 0 Å². The summed E-state index contributed by atoms with van der Waals surface area (Å²) < 4.78 is 26.1. The van der Waals surface area contributed by atoms with Crippen molar-refractivity contribution < 1.29 is 8.78 Å². The van der Waals surface area contributed by atoms with Crippen molar-refractivity contribution in [2.75, 3.05) is 0 Å². The second kappa shape index (κ2) is 4.34. The molecule has 0 N–H and O–H groups in total. The van der Waals surface area contributed by atoms with E-state index in [1.807, 2.05) is 6.07 Å². The highest BCUT2D eigenvalue weighted by Crippen LogP contribution is 2.23. The molecule has 0 radical (unpaired) electrons. The Kier molecular flexibility index (Phi) is 2.88. The van der Waals surface area contributed by atoms with Gasteiger partial charge in [0, 0.05) is 6.07 Å². The zero-order chi connectivity index (χ0) is 12.4. The van der Waals surface area contributed by atoms with Crippen molar-refractivity contribution in [1.82, 2.24) is 0 Å². The standard InChI is InChI=1S/C14H9F2N/c1-9-4-10(2-3-11(9)8-17)12-5-13(15)7-14(16)6-12/h2-7H,1H3. The molecule has 2 aromatic carbocycles. The van der Waals surface area contributed by atoms with Gasteiger partial charge in [-0.3, -0.25) is 0 Å². The average molecular weight is 229 g/mol. The molecular weight excluding hydrogens is 220 g/mol. The molecular formula is C14H9F2N. The van der Waals surface area contributed by atoms with Crippen LogP contribution in [0.3, 0.4) is 0 Å². The predicted octanol–water partition coefficient (Wildman–Crippen LogP) is 3.81. The van der Waals surface area contributed by atoms with Gasteiger partial charge >= 0.3 is 0 Å². The lowest BCUT2D eigenvalue weighted by Gasteiger charge is -2.05. The Morgan fingerprint density at radius 2 is 1.59 bits per heavy atom. The number of hydrogen-bond donors (Lipinski definition) is 0. The Morgan fingerprint density at radius 3 is 2.12 bits per heavy atom. The van der Waals surface area contributed by atoms with Crippen molar-refractivity contribution in [1.29, 1.82) is 5.26 Å².